The average Bonchev–Trinajstić information content (AvgIpc) is 3.47. The number of aliphatic hydroxyl groups is 2. The van der Waals surface area contributed by atoms with Crippen molar-refractivity contribution in [2.75, 3.05) is 46.2 Å². The molecular formula is C37H41N5O19P3+. The Balaban J connectivity index is 1.21. The number of benzene rings is 3. The van der Waals surface area contributed by atoms with Gasteiger partial charge in [0.15, 0.2) is 6.23 Å². The maximum Gasteiger partial charge on any atom is 0.490 e. The van der Waals surface area contributed by atoms with E-state index in [4.69, 9.17) is 18.9 Å². The van der Waals surface area contributed by atoms with Crippen LogP contribution in [0, 0.1) is 0 Å². The highest BCUT2D eigenvalue weighted by molar-refractivity contribution is 7.66. The van der Waals surface area contributed by atoms with Gasteiger partial charge in [0.2, 0.25) is 5.36 Å². The van der Waals surface area contributed by atoms with E-state index in [-0.39, 0.29) is 28.8 Å². The number of hydrogen-bond acceptors (Lipinski definition) is 15. The van der Waals surface area contributed by atoms with Gasteiger partial charge in [0.1, 0.15) is 43.8 Å². The number of aromatic carboxylic acids is 1. The number of carboxylic acid groups (broad SMARTS) is 1. The number of carbonyl (C=O) groups excluding carboxylic acids is 1. The van der Waals surface area contributed by atoms with Crippen molar-refractivity contribution in [2.24, 2.45) is 0 Å². The molecule has 1 aromatic heterocycles. The topological polar surface area (TPSA) is 350 Å². The largest absolute Gasteiger partial charge is 0.490 e. The molecule has 1 fully saturated rings. The van der Waals surface area contributed by atoms with Crippen LogP contribution in [0.15, 0.2) is 80.9 Å². The summed E-state index contributed by atoms with van der Waals surface area (Å²) in [5, 5.41) is 35.5. The van der Waals surface area contributed by atoms with Crippen molar-refractivity contribution in [1.82, 2.24) is 19.4 Å². The first-order valence-corrected chi connectivity index (χ1v) is 23.0. The molecule has 6 atom stereocenters. The summed E-state index contributed by atoms with van der Waals surface area (Å²) in [5.74, 6) is -1.39. The van der Waals surface area contributed by atoms with Crippen LogP contribution in [0.5, 0.6) is 0 Å². The summed E-state index contributed by atoms with van der Waals surface area (Å²) in [7, 11) is -9.72. The van der Waals surface area contributed by atoms with Crippen molar-refractivity contribution in [3.05, 3.63) is 110 Å². The molecule has 27 heteroatoms. The lowest BCUT2D eigenvalue weighted by atomic mass is 9.89. The summed E-state index contributed by atoms with van der Waals surface area (Å²) >= 11 is 0. The molecule has 9 N–H and O–H groups in total. The van der Waals surface area contributed by atoms with Crippen LogP contribution < -0.4 is 31.4 Å². The third-order valence-electron chi connectivity index (χ3n) is 9.61. The third kappa shape index (κ3) is 10.9. The Labute approximate surface area is 360 Å². The number of aromatic nitrogens is 2. The number of H-pyrrole nitrogens is 1. The van der Waals surface area contributed by atoms with Crippen molar-refractivity contribution < 1.29 is 80.5 Å². The Hall–Kier alpha value is -5.42. The molecule has 1 saturated heterocycles. The lowest BCUT2D eigenvalue weighted by Gasteiger charge is -2.19. The van der Waals surface area contributed by atoms with E-state index in [1.54, 1.807) is 0 Å². The van der Waals surface area contributed by atoms with Crippen LogP contribution in [0.25, 0.3) is 39.5 Å². The maximum absolute atomic E-state index is 13.5. The molecule has 3 heterocycles. The minimum atomic E-state index is -5.86. The van der Waals surface area contributed by atoms with Gasteiger partial charge in [0.05, 0.1) is 23.8 Å². The minimum Gasteiger partial charge on any atom is -0.478 e. The fourth-order valence-electron chi connectivity index (χ4n) is 6.61. The van der Waals surface area contributed by atoms with Crippen LogP contribution in [-0.2, 0) is 31.6 Å². The summed E-state index contributed by atoms with van der Waals surface area (Å²) in [6, 6.07) is 15.1. The highest BCUT2D eigenvalue weighted by Crippen LogP contribution is 2.66. The molecular weight excluding hydrogens is 911 g/mol. The lowest BCUT2D eigenvalue weighted by Crippen LogP contribution is -2.38. The predicted molar refractivity (Wildman–Crippen MR) is 225 cm³/mol. The first kappa shape index (κ1) is 48.0. The number of ether oxygens (including phenoxy) is 1. The van der Waals surface area contributed by atoms with Gasteiger partial charge in [-0.3, -0.25) is 23.7 Å². The highest BCUT2D eigenvalue weighted by atomic mass is 31.3. The van der Waals surface area contributed by atoms with Crippen LogP contribution in [-0.4, -0.2) is 116 Å². The second-order valence-corrected chi connectivity index (χ2v) is 18.9. The van der Waals surface area contributed by atoms with Gasteiger partial charge in [-0.1, -0.05) is 12.2 Å². The van der Waals surface area contributed by atoms with Gasteiger partial charge in [0.25, 0.3) is 11.5 Å². The minimum absolute atomic E-state index is 0.0811. The van der Waals surface area contributed by atoms with Gasteiger partial charge < -0.3 is 54.3 Å². The number of aliphatic hydroxyl groups excluding tert-OH is 2. The second kappa shape index (κ2) is 18.6. The number of nitrogens with one attached hydrogen (secondary N) is 2. The summed E-state index contributed by atoms with van der Waals surface area (Å²) in [6.07, 6.45) is -3.92. The molecule has 64 heavy (non-hydrogen) atoms. The number of amides is 1. The van der Waals surface area contributed by atoms with Crippen molar-refractivity contribution in [3.8, 4) is 22.5 Å². The molecule has 0 spiro atoms. The van der Waals surface area contributed by atoms with Crippen LogP contribution in [0.3, 0.4) is 0 Å². The highest BCUT2D eigenvalue weighted by Gasteiger charge is 2.47. The fourth-order valence-corrected chi connectivity index (χ4v) is 9.64. The van der Waals surface area contributed by atoms with E-state index in [2.05, 4.69) is 18.5 Å². The Bertz CT molecular complexity index is 2990. The number of carboxylic acids is 1. The zero-order chi connectivity index (χ0) is 47.1. The van der Waals surface area contributed by atoms with Gasteiger partial charge in [-0.05, 0) is 42.0 Å². The Kier molecular flexibility index (Phi) is 14.0. The normalized spacial score (nSPS) is 19.7. The van der Waals surface area contributed by atoms with Crippen molar-refractivity contribution in [1.29, 1.82) is 0 Å². The number of anilines is 1. The van der Waals surface area contributed by atoms with Crippen LogP contribution >= 0.6 is 23.5 Å². The number of nitrogens with zero attached hydrogens (tertiary/aromatic N) is 3. The SMILES string of the molecule is CN(C)c1ccc2c(-c3cc(C(=O)NC/C=C/c4cn([C@@H]5O[C@H](COP(=O)(O)OP(=O)(O)OP(=O)(O)O)[C@@H](O)[C@H]5O)c(=O)[nH]c4=O)ccc3C(=O)O)c3ccc(=[N+](C)C)cc-3oc2c1. The molecule has 2 aromatic carbocycles. The quantitative estimate of drug-likeness (QED) is 0.0405. The Morgan fingerprint density at radius 1 is 0.938 bits per heavy atom. The van der Waals surface area contributed by atoms with Crippen LogP contribution in [0.4, 0.5) is 5.69 Å². The van der Waals surface area contributed by atoms with E-state index in [0.717, 1.165) is 17.2 Å². The summed E-state index contributed by atoms with van der Waals surface area (Å²) in [4.78, 5) is 92.0. The molecule has 0 saturated carbocycles. The number of phosphoric ester groups is 1. The fraction of sp³-hybridized carbons (Fsp3) is 0.270. The summed E-state index contributed by atoms with van der Waals surface area (Å²) < 4.78 is 60.6. The van der Waals surface area contributed by atoms with Gasteiger partial charge in [0, 0.05) is 66.7 Å². The van der Waals surface area contributed by atoms with Crippen molar-refractivity contribution >= 4 is 58.1 Å². The van der Waals surface area contributed by atoms with Crippen molar-refractivity contribution in [3.63, 3.8) is 0 Å². The Morgan fingerprint density at radius 2 is 1.66 bits per heavy atom. The second-order valence-electron chi connectivity index (χ2n) is 14.5. The molecule has 0 bridgehead atoms. The molecule has 3 aromatic rings. The number of phosphoric acid groups is 3. The van der Waals surface area contributed by atoms with Crippen LogP contribution in [0.2, 0.25) is 0 Å². The Morgan fingerprint density at radius 3 is 2.31 bits per heavy atom. The van der Waals surface area contributed by atoms with Crippen LogP contribution in [0.1, 0.15) is 32.5 Å². The van der Waals surface area contributed by atoms with E-state index < -0.39 is 77.7 Å². The first-order chi connectivity index (χ1) is 29.8. The number of fused-ring (bicyclic) bond motifs is 2. The monoisotopic (exact) mass is 952 g/mol. The third-order valence-corrected chi connectivity index (χ3v) is 13.4. The van der Waals surface area contributed by atoms with Gasteiger partial charge in [-0.15, -0.1) is 0 Å². The summed E-state index contributed by atoms with van der Waals surface area (Å²) in [5.41, 5.74) is 0.387. The van der Waals surface area contributed by atoms with E-state index in [0.29, 0.717) is 32.4 Å². The summed E-state index contributed by atoms with van der Waals surface area (Å²) in [6.45, 7) is -1.36. The van der Waals surface area contributed by atoms with E-state index in [1.807, 2.05) is 79.0 Å². The molecule has 24 nitrogen and oxygen atoms in total. The average molecular weight is 953 g/mol. The van der Waals surface area contributed by atoms with E-state index in [1.165, 1.54) is 30.4 Å². The lowest BCUT2D eigenvalue weighted by molar-refractivity contribution is -0.0542. The number of rotatable bonds is 15. The predicted octanol–water partition coefficient (Wildman–Crippen LogP) is 1.26. The molecule has 1 aliphatic carbocycles. The zero-order valence-corrected chi connectivity index (χ0v) is 36.5. The smallest absolute Gasteiger partial charge is 0.478 e. The zero-order valence-electron chi connectivity index (χ0n) is 33.9. The first-order valence-electron chi connectivity index (χ1n) is 18.5. The standard InChI is InChI=1S/C37H40N5O19P3/c1-40(2)21-8-11-24-27(15-21)58-28-16-22(41(3)4)9-12-25(28)30(24)26-14-19(7-10-23(26)36(47)48)33(45)38-13-5-6-20-17-42(37(49)39-34(20)46)35-32(44)31(43)29(59-35)18-57-63(53,54)61-64(55,56)60-62(50,51)52/h5-12,14-17,29,31-32,35,43-44H,13,18H2,1-4H3,(H6-,38,39,45,46,47,48,49,50,51,52,53,54,55,56)/p+1/b6-5+/t29-,31-,32-,35-/m1/s1. The number of carbonyl (C=O) groups is 2. The maximum atomic E-state index is 13.5. The molecule has 2 unspecified atom stereocenters. The number of hydrogen-bond donors (Lipinski definition) is 9. The van der Waals surface area contributed by atoms with Gasteiger partial charge in [-0.2, -0.15) is 8.62 Å². The van der Waals surface area contributed by atoms with Crippen molar-refractivity contribution in [2.45, 2.75) is 24.5 Å². The molecule has 2 aliphatic heterocycles. The van der Waals surface area contributed by atoms with E-state index in [9.17, 15) is 58.0 Å². The number of aromatic amines is 1. The molecule has 0 radical (unpaired) electrons. The van der Waals surface area contributed by atoms with Gasteiger partial charge >= 0.3 is 35.1 Å². The van der Waals surface area contributed by atoms with E-state index >= 15 is 0 Å². The van der Waals surface area contributed by atoms with Gasteiger partial charge in [-0.25, -0.2) is 27.9 Å². The molecule has 6 rings (SSSR count). The molecule has 1 amide bonds. The molecule has 3 aliphatic rings. The molecule has 342 valence electrons.